The summed E-state index contributed by atoms with van der Waals surface area (Å²) in [7, 11) is 0. The Hall–Kier alpha value is -0.550. The lowest BCUT2D eigenvalue weighted by atomic mass is 10.1. The van der Waals surface area contributed by atoms with Gasteiger partial charge in [0.15, 0.2) is 0 Å². The van der Waals surface area contributed by atoms with Gasteiger partial charge < -0.3 is 10.2 Å². The first-order valence-electron chi connectivity index (χ1n) is 4.29. The predicted molar refractivity (Wildman–Crippen MR) is 53.5 cm³/mol. The Bertz CT molecular complexity index is 272. The lowest BCUT2D eigenvalue weighted by molar-refractivity contribution is 0.372. The van der Waals surface area contributed by atoms with E-state index in [1.54, 1.807) is 0 Å². The minimum Gasteiger partial charge on any atom is -0.422 e. The highest BCUT2D eigenvalue weighted by Gasteiger charge is 2.18. The summed E-state index contributed by atoms with van der Waals surface area (Å²) in [5.41, 5.74) is 5.83. The molecule has 1 rings (SSSR count). The van der Waals surface area contributed by atoms with Crippen LogP contribution in [-0.4, -0.2) is 10.2 Å². The third kappa shape index (κ3) is 2.45. The van der Waals surface area contributed by atoms with Crippen molar-refractivity contribution in [3.63, 3.8) is 0 Å². The highest BCUT2D eigenvalue weighted by atomic mass is 32.1. The molecule has 1 aromatic rings. The van der Waals surface area contributed by atoms with Crippen LogP contribution in [0.1, 0.15) is 43.8 Å². The van der Waals surface area contributed by atoms with E-state index >= 15 is 0 Å². The lowest BCUT2D eigenvalue weighted by Gasteiger charge is -2.09. The molecular weight excluding hydrogens is 186 g/mol. The topological polar surface area (TPSA) is 64.9 Å². The molecule has 0 radical (unpaired) electrons. The predicted octanol–water partition coefficient (Wildman–Crippen LogP) is 1.72. The molecule has 0 aromatic carbocycles. The number of hydrogen-bond donors (Lipinski definition) is 2. The van der Waals surface area contributed by atoms with Crippen LogP contribution in [0, 0.1) is 5.92 Å². The summed E-state index contributed by atoms with van der Waals surface area (Å²) in [6.45, 7) is 5.90. The molecule has 1 aromatic heterocycles. The fourth-order valence-electron chi connectivity index (χ4n) is 0.835. The van der Waals surface area contributed by atoms with Gasteiger partial charge in [0.1, 0.15) is 0 Å². The van der Waals surface area contributed by atoms with Crippen LogP contribution >= 0.6 is 12.6 Å². The van der Waals surface area contributed by atoms with Crippen molar-refractivity contribution in [1.29, 1.82) is 0 Å². The fourth-order valence-corrected chi connectivity index (χ4v) is 0.940. The normalized spacial score (nSPS) is 16.2. The fraction of sp³-hybridized carbons (Fsp3) is 0.750. The minimum atomic E-state index is -0.187. The van der Waals surface area contributed by atoms with Crippen LogP contribution in [0.25, 0.3) is 0 Å². The van der Waals surface area contributed by atoms with E-state index in [0.29, 0.717) is 17.7 Å². The van der Waals surface area contributed by atoms with Gasteiger partial charge in [-0.25, -0.2) is 0 Å². The zero-order valence-electron chi connectivity index (χ0n) is 8.06. The van der Waals surface area contributed by atoms with Crippen molar-refractivity contribution >= 4 is 12.6 Å². The van der Waals surface area contributed by atoms with Crippen LogP contribution in [-0.2, 0) is 0 Å². The molecule has 2 atom stereocenters. The average molecular weight is 201 g/mol. The quantitative estimate of drug-likeness (QED) is 0.731. The molecule has 0 aliphatic carbocycles. The molecule has 4 nitrogen and oxygen atoms in total. The van der Waals surface area contributed by atoms with E-state index in [4.69, 9.17) is 10.2 Å². The van der Waals surface area contributed by atoms with Gasteiger partial charge in [0.2, 0.25) is 11.8 Å². The SMILES string of the molecule is CC(S)c1nnc(C(N)C(C)C)o1. The second-order valence-electron chi connectivity index (χ2n) is 3.42. The molecule has 74 valence electrons. The maximum Gasteiger partial charge on any atom is 0.233 e. The molecule has 0 saturated carbocycles. The van der Waals surface area contributed by atoms with Gasteiger partial charge in [-0.2, -0.15) is 12.6 Å². The van der Waals surface area contributed by atoms with Gasteiger partial charge in [-0.1, -0.05) is 13.8 Å². The summed E-state index contributed by atoms with van der Waals surface area (Å²) in [6, 6.07) is -0.187. The number of rotatable bonds is 3. The van der Waals surface area contributed by atoms with E-state index in [-0.39, 0.29) is 11.3 Å². The second-order valence-corrected chi connectivity index (χ2v) is 4.20. The summed E-state index contributed by atoms with van der Waals surface area (Å²) in [4.78, 5) is 0. The molecule has 0 aliphatic heterocycles. The van der Waals surface area contributed by atoms with Gasteiger partial charge >= 0.3 is 0 Å². The maximum absolute atomic E-state index is 5.83. The van der Waals surface area contributed by atoms with Crippen LogP contribution in [0.4, 0.5) is 0 Å². The molecule has 2 N–H and O–H groups in total. The van der Waals surface area contributed by atoms with Gasteiger partial charge in [0.05, 0.1) is 11.3 Å². The summed E-state index contributed by atoms with van der Waals surface area (Å²) >= 11 is 4.18. The summed E-state index contributed by atoms with van der Waals surface area (Å²) in [6.07, 6.45) is 0. The highest BCUT2D eigenvalue weighted by Crippen LogP contribution is 2.22. The van der Waals surface area contributed by atoms with Crippen molar-refractivity contribution in [2.45, 2.75) is 32.1 Å². The van der Waals surface area contributed by atoms with E-state index in [0.717, 1.165) is 0 Å². The van der Waals surface area contributed by atoms with Crippen molar-refractivity contribution in [2.24, 2.45) is 11.7 Å². The van der Waals surface area contributed by atoms with Crippen LogP contribution in [0.15, 0.2) is 4.42 Å². The summed E-state index contributed by atoms with van der Waals surface area (Å²) in [5, 5.41) is 7.67. The number of nitrogens with two attached hydrogens (primary N) is 1. The molecule has 1 heterocycles. The Morgan fingerprint density at radius 3 is 2.15 bits per heavy atom. The molecule has 2 unspecified atom stereocenters. The van der Waals surface area contributed by atoms with Crippen molar-refractivity contribution in [3.05, 3.63) is 11.8 Å². The van der Waals surface area contributed by atoms with Gasteiger partial charge in [-0.3, -0.25) is 0 Å². The summed E-state index contributed by atoms with van der Waals surface area (Å²) in [5.74, 6) is 1.31. The van der Waals surface area contributed by atoms with Crippen molar-refractivity contribution in [3.8, 4) is 0 Å². The molecule has 0 bridgehead atoms. The first-order chi connectivity index (χ1) is 6.02. The largest absolute Gasteiger partial charge is 0.422 e. The van der Waals surface area contributed by atoms with Crippen molar-refractivity contribution in [1.82, 2.24) is 10.2 Å². The van der Waals surface area contributed by atoms with E-state index in [1.807, 2.05) is 20.8 Å². The average Bonchev–Trinajstić information content (AvgIpc) is 2.50. The molecule has 5 heteroatoms. The molecule has 0 saturated heterocycles. The summed E-state index contributed by atoms with van der Waals surface area (Å²) < 4.78 is 5.34. The van der Waals surface area contributed by atoms with E-state index in [1.165, 1.54) is 0 Å². The van der Waals surface area contributed by atoms with Gasteiger partial charge in [-0.05, 0) is 12.8 Å². The van der Waals surface area contributed by atoms with Gasteiger partial charge in [-0.15, -0.1) is 10.2 Å². The highest BCUT2D eigenvalue weighted by molar-refractivity contribution is 7.80. The minimum absolute atomic E-state index is 0.0411. The van der Waals surface area contributed by atoms with Gasteiger partial charge in [0.25, 0.3) is 0 Å². The van der Waals surface area contributed by atoms with E-state index in [9.17, 15) is 0 Å². The van der Waals surface area contributed by atoms with Crippen molar-refractivity contribution in [2.75, 3.05) is 0 Å². The van der Waals surface area contributed by atoms with Crippen LogP contribution in [0.5, 0.6) is 0 Å². The zero-order valence-corrected chi connectivity index (χ0v) is 8.95. The number of nitrogens with zero attached hydrogens (tertiary/aromatic N) is 2. The molecule has 0 fully saturated rings. The Morgan fingerprint density at radius 2 is 1.77 bits per heavy atom. The van der Waals surface area contributed by atoms with Crippen LogP contribution in [0.2, 0.25) is 0 Å². The molecule has 13 heavy (non-hydrogen) atoms. The van der Waals surface area contributed by atoms with Crippen LogP contribution < -0.4 is 5.73 Å². The standard InChI is InChI=1S/C8H15N3OS/c1-4(2)6(9)8-11-10-7(12-8)5(3)13/h4-6,13H,9H2,1-3H3. The van der Waals surface area contributed by atoms with E-state index in [2.05, 4.69) is 22.8 Å². The lowest BCUT2D eigenvalue weighted by Crippen LogP contribution is -2.16. The Labute approximate surface area is 83.3 Å². The van der Waals surface area contributed by atoms with E-state index < -0.39 is 0 Å². The van der Waals surface area contributed by atoms with Crippen LogP contribution in [0.3, 0.4) is 0 Å². The molecule has 0 spiro atoms. The third-order valence-electron chi connectivity index (χ3n) is 1.82. The molecule has 0 aliphatic rings. The number of thiol groups is 1. The third-order valence-corrected chi connectivity index (χ3v) is 2.04. The first kappa shape index (κ1) is 10.5. The number of hydrogen-bond acceptors (Lipinski definition) is 5. The Morgan fingerprint density at radius 1 is 1.23 bits per heavy atom. The molecule has 0 amide bonds. The maximum atomic E-state index is 5.83. The van der Waals surface area contributed by atoms with Crippen molar-refractivity contribution < 1.29 is 4.42 Å². The number of aromatic nitrogens is 2. The first-order valence-corrected chi connectivity index (χ1v) is 4.81. The monoisotopic (exact) mass is 201 g/mol. The zero-order chi connectivity index (χ0) is 10.0. The van der Waals surface area contributed by atoms with Gasteiger partial charge in [0, 0.05) is 0 Å². The molecular formula is C8H15N3OS. The Kier molecular flexibility index (Phi) is 3.33. The smallest absolute Gasteiger partial charge is 0.233 e. The Balaban J connectivity index is 2.79. The second kappa shape index (κ2) is 4.11.